The van der Waals surface area contributed by atoms with Gasteiger partial charge in [-0.15, -0.1) is 11.3 Å². The number of hydrogen-bond acceptors (Lipinski definition) is 5. The molecule has 0 amide bonds. The summed E-state index contributed by atoms with van der Waals surface area (Å²) >= 11 is 1.51. The van der Waals surface area contributed by atoms with Gasteiger partial charge in [-0.3, -0.25) is 0 Å². The lowest BCUT2D eigenvalue weighted by Gasteiger charge is -2.31. The second-order valence-electron chi connectivity index (χ2n) is 8.45. The standard InChI is InChI=1S/C24H25F3N2O2S2/c1-16-7-8-17(2)18(13-16)14-19-15-32-23(28-19)29-11-9-20(10-12-29)33(30,31)22-6-4-3-5-21(22)24(25,26)27/h3-8,13,15,20H,9-12,14H2,1-2H3. The first-order chi connectivity index (χ1) is 15.6. The maximum absolute atomic E-state index is 13.4. The largest absolute Gasteiger partial charge is 0.417 e. The van der Waals surface area contributed by atoms with E-state index in [2.05, 4.69) is 32.0 Å². The van der Waals surface area contributed by atoms with Gasteiger partial charge in [-0.25, -0.2) is 13.4 Å². The predicted molar refractivity (Wildman–Crippen MR) is 125 cm³/mol. The minimum absolute atomic E-state index is 0.264. The number of halogens is 3. The fourth-order valence-corrected chi connectivity index (χ4v) is 7.02. The molecule has 4 rings (SSSR count). The molecule has 33 heavy (non-hydrogen) atoms. The number of rotatable bonds is 5. The van der Waals surface area contributed by atoms with E-state index in [1.54, 1.807) is 0 Å². The van der Waals surface area contributed by atoms with Crippen LogP contribution < -0.4 is 4.90 Å². The van der Waals surface area contributed by atoms with Gasteiger partial charge < -0.3 is 4.90 Å². The van der Waals surface area contributed by atoms with Crippen LogP contribution in [0.2, 0.25) is 0 Å². The molecule has 0 aliphatic carbocycles. The van der Waals surface area contributed by atoms with Crippen LogP contribution in [0.5, 0.6) is 0 Å². The van der Waals surface area contributed by atoms with Crippen molar-refractivity contribution in [3.05, 3.63) is 75.8 Å². The third-order valence-electron chi connectivity index (χ3n) is 6.07. The average molecular weight is 495 g/mol. The maximum Gasteiger partial charge on any atom is 0.417 e. The van der Waals surface area contributed by atoms with Crippen molar-refractivity contribution in [3.8, 4) is 0 Å². The summed E-state index contributed by atoms with van der Waals surface area (Å²) in [5, 5.41) is 1.99. The van der Waals surface area contributed by atoms with E-state index in [1.165, 1.54) is 40.2 Å². The topological polar surface area (TPSA) is 50.3 Å². The molecule has 0 bridgehead atoms. The third-order valence-corrected chi connectivity index (χ3v) is 9.33. The van der Waals surface area contributed by atoms with E-state index >= 15 is 0 Å². The Hall–Kier alpha value is -2.39. The van der Waals surface area contributed by atoms with Gasteiger partial charge in [0.05, 0.1) is 21.4 Å². The van der Waals surface area contributed by atoms with Crippen LogP contribution in [0, 0.1) is 13.8 Å². The Labute approximate surface area is 196 Å². The number of benzene rings is 2. The fraction of sp³-hybridized carbons (Fsp3) is 0.375. The van der Waals surface area contributed by atoms with Crippen LogP contribution in [0.3, 0.4) is 0 Å². The van der Waals surface area contributed by atoms with Crippen molar-refractivity contribution < 1.29 is 21.6 Å². The second-order valence-corrected chi connectivity index (χ2v) is 11.5. The van der Waals surface area contributed by atoms with Crippen molar-refractivity contribution in [1.82, 2.24) is 4.98 Å². The highest BCUT2D eigenvalue weighted by Gasteiger charge is 2.40. The van der Waals surface area contributed by atoms with E-state index in [0.29, 0.717) is 13.1 Å². The number of aromatic nitrogens is 1. The van der Waals surface area contributed by atoms with Crippen LogP contribution in [0.15, 0.2) is 52.7 Å². The van der Waals surface area contributed by atoms with Crippen LogP contribution in [0.4, 0.5) is 18.3 Å². The van der Waals surface area contributed by atoms with Crippen molar-refractivity contribution in [2.45, 2.75) is 49.4 Å². The first-order valence-electron chi connectivity index (χ1n) is 10.7. The molecule has 0 N–H and O–H groups in total. The number of anilines is 1. The lowest BCUT2D eigenvalue weighted by Crippen LogP contribution is -2.39. The second kappa shape index (κ2) is 9.10. The first kappa shape index (κ1) is 23.8. The van der Waals surface area contributed by atoms with Crippen molar-refractivity contribution >= 4 is 26.3 Å². The van der Waals surface area contributed by atoms with Gasteiger partial charge in [0.15, 0.2) is 15.0 Å². The Morgan fingerprint density at radius 2 is 1.79 bits per heavy atom. The summed E-state index contributed by atoms with van der Waals surface area (Å²) in [5.41, 5.74) is 3.49. The molecule has 1 saturated heterocycles. The molecule has 2 heterocycles. The molecule has 0 spiro atoms. The van der Waals surface area contributed by atoms with Crippen molar-refractivity contribution in [3.63, 3.8) is 0 Å². The highest BCUT2D eigenvalue weighted by Crippen LogP contribution is 2.37. The predicted octanol–water partition coefficient (Wildman–Crippen LogP) is 5.81. The van der Waals surface area contributed by atoms with Crippen LogP contribution in [0.25, 0.3) is 0 Å². The number of aryl methyl sites for hydroxylation is 2. The number of nitrogens with zero attached hydrogens (tertiary/aromatic N) is 2. The zero-order chi connectivity index (χ0) is 23.8. The van der Waals surface area contributed by atoms with Gasteiger partial charge in [-0.05, 0) is 49.9 Å². The smallest absolute Gasteiger partial charge is 0.348 e. The van der Waals surface area contributed by atoms with Gasteiger partial charge in [0.25, 0.3) is 0 Å². The van der Waals surface area contributed by atoms with E-state index < -0.39 is 31.7 Å². The van der Waals surface area contributed by atoms with Crippen LogP contribution in [-0.4, -0.2) is 31.7 Å². The molecule has 176 valence electrons. The van der Waals surface area contributed by atoms with Crippen molar-refractivity contribution in [2.24, 2.45) is 0 Å². The van der Waals surface area contributed by atoms with E-state index in [9.17, 15) is 21.6 Å². The summed E-state index contributed by atoms with van der Waals surface area (Å²) < 4.78 is 66.1. The van der Waals surface area contributed by atoms with E-state index in [1.807, 2.05) is 10.3 Å². The molecule has 1 fully saturated rings. The molecule has 0 unspecified atom stereocenters. The summed E-state index contributed by atoms with van der Waals surface area (Å²) in [5.74, 6) is 0. The number of piperidine rings is 1. The molecule has 0 saturated carbocycles. The number of thiazole rings is 1. The van der Waals surface area contributed by atoms with Gasteiger partial charge in [-0.2, -0.15) is 13.2 Å². The Morgan fingerprint density at radius 1 is 1.09 bits per heavy atom. The third kappa shape index (κ3) is 5.09. The summed E-state index contributed by atoms with van der Waals surface area (Å²) in [6.45, 7) is 5.01. The lowest BCUT2D eigenvalue weighted by atomic mass is 10.0. The minimum atomic E-state index is -4.71. The van der Waals surface area contributed by atoms with Crippen LogP contribution in [-0.2, 0) is 22.4 Å². The lowest BCUT2D eigenvalue weighted by molar-refractivity contribution is -0.139. The van der Waals surface area contributed by atoms with Gasteiger partial charge in [0, 0.05) is 24.9 Å². The average Bonchev–Trinajstić information content (AvgIpc) is 3.24. The van der Waals surface area contributed by atoms with Crippen molar-refractivity contribution in [1.29, 1.82) is 0 Å². The van der Waals surface area contributed by atoms with Crippen LogP contribution in [0.1, 0.15) is 40.8 Å². The monoisotopic (exact) mass is 494 g/mol. The Balaban J connectivity index is 1.45. The maximum atomic E-state index is 13.4. The van der Waals surface area contributed by atoms with Gasteiger partial charge in [0.2, 0.25) is 0 Å². The molecule has 1 aliphatic rings. The molecule has 9 heteroatoms. The molecule has 2 aromatic carbocycles. The molecule has 4 nitrogen and oxygen atoms in total. The van der Waals surface area contributed by atoms with Gasteiger partial charge in [0.1, 0.15) is 0 Å². The summed E-state index contributed by atoms with van der Waals surface area (Å²) in [6.07, 6.45) is -3.46. The zero-order valence-corrected chi connectivity index (χ0v) is 20.0. The normalized spacial score (nSPS) is 15.7. The number of hydrogen-bond donors (Lipinski definition) is 0. The van der Waals surface area contributed by atoms with E-state index in [4.69, 9.17) is 4.98 Å². The summed E-state index contributed by atoms with van der Waals surface area (Å²) in [7, 11) is -4.09. The molecule has 0 radical (unpaired) electrons. The number of alkyl halides is 3. The van der Waals surface area contributed by atoms with Crippen molar-refractivity contribution in [2.75, 3.05) is 18.0 Å². The Bertz CT molecular complexity index is 1240. The Kier molecular flexibility index (Phi) is 6.55. The highest BCUT2D eigenvalue weighted by molar-refractivity contribution is 7.92. The molecular formula is C24H25F3N2O2S2. The van der Waals surface area contributed by atoms with E-state index in [-0.39, 0.29) is 12.8 Å². The summed E-state index contributed by atoms with van der Waals surface area (Å²) in [6, 6.07) is 10.8. The van der Waals surface area contributed by atoms with Gasteiger partial charge in [-0.1, -0.05) is 35.9 Å². The fourth-order valence-electron chi connectivity index (χ4n) is 4.19. The molecule has 1 aliphatic heterocycles. The van der Waals surface area contributed by atoms with Gasteiger partial charge >= 0.3 is 6.18 Å². The molecule has 1 aromatic heterocycles. The minimum Gasteiger partial charge on any atom is -0.348 e. The summed E-state index contributed by atoms with van der Waals surface area (Å²) in [4.78, 5) is 6.14. The number of sulfone groups is 1. The Morgan fingerprint density at radius 3 is 2.48 bits per heavy atom. The molecule has 0 atom stereocenters. The zero-order valence-electron chi connectivity index (χ0n) is 18.4. The van der Waals surface area contributed by atoms with Crippen LogP contribution >= 0.6 is 11.3 Å². The molecular weight excluding hydrogens is 469 g/mol. The first-order valence-corrected chi connectivity index (χ1v) is 13.1. The van der Waals surface area contributed by atoms with E-state index in [0.717, 1.165) is 29.4 Å². The molecule has 3 aromatic rings. The quantitative estimate of drug-likeness (QED) is 0.449. The highest BCUT2D eigenvalue weighted by atomic mass is 32.2. The SMILES string of the molecule is Cc1ccc(C)c(Cc2csc(N3CCC(S(=O)(=O)c4ccccc4C(F)(F)F)CC3)n2)c1.